The number of ether oxygens (including phenoxy) is 5. The molecule has 2 atom stereocenters. The number of unbranched alkanes of at least 4 members (excludes halogenated alkanes) is 6. The maximum absolute atomic E-state index is 12.7. The lowest BCUT2D eigenvalue weighted by atomic mass is 10.0. The minimum atomic E-state index is -1.04. The van der Waals surface area contributed by atoms with Crippen LogP contribution >= 0.6 is 0 Å². The quantitative estimate of drug-likeness (QED) is 0.0576. The molecule has 8 heteroatoms. The Balaban J connectivity index is 1.42. The van der Waals surface area contributed by atoms with Crippen molar-refractivity contribution in [2.75, 3.05) is 13.2 Å². The van der Waals surface area contributed by atoms with E-state index in [1.54, 1.807) is 43.3 Å². The zero-order chi connectivity index (χ0) is 32.4. The van der Waals surface area contributed by atoms with E-state index in [9.17, 15) is 14.4 Å². The van der Waals surface area contributed by atoms with Crippen molar-refractivity contribution in [3.8, 4) is 28.4 Å². The molecule has 0 aliphatic heterocycles. The summed E-state index contributed by atoms with van der Waals surface area (Å²) in [5.74, 6) is -0.289. The molecule has 0 radical (unpaired) electrons. The van der Waals surface area contributed by atoms with Gasteiger partial charge < -0.3 is 23.7 Å². The standard InChI is InChI=1S/C37H44O8/c1-5-7-8-9-10-11-12-13-26-42-32-20-18-30(19-21-32)29-14-16-31(17-15-29)37(40)45-34-24-22-33(23-25-34)43-28(4)36(39)44-27(3)35(38)41-6-2/h5,14-25,27-28H,1,6-13,26H2,2-4H3/t27-,28+/m0/s1. The summed E-state index contributed by atoms with van der Waals surface area (Å²) in [6.07, 6.45) is 8.33. The summed E-state index contributed by atoms with van der Waals surface area (Å²) in [5.41, 5.74) is 2.40. The lowest BCUT2D eigenvalue weighted by Gasteiger charge is -2.17. The van der Waals surface area contributed by atoms with E-state index in [1.165, 1.54) is 46.0 Å². The molecule has 3 rings (SSSR count). The van der Waals surface area contributed by atoms with Crippen molar-refractivity contribution in [3.05, 3.63) is 91.0 Å². The van der Waals surface area contributed by atoms with Gasteiger partial charge in [0, 0.05) is 0 Å². The van der Waals surface area contributed by atoms with Gasteiger partial charge in [-0.05, 0) is 99.7 Å². The smallest absolute Gasteiger partial charge is 0.347 e. The number of allylic oxidation sites excluding steroid dienone is 1. The van der Waals surface area contributed by atoms with E-state index in [-0.39, 0.29) is 6.61 Å². The zero-order valence-electron chi connectivity index (χ0n) is 26.5. The Morgan fingerprint density at radius 1 is 0.689 bits per heavy atom. The van der Waals surface area contributed by atoms with Gasteiger partial charge in [0.15, 0.2) is 12.2 Å². The van der Waals surface area contributed by atoms with Crippen LogP contribution in [0.15, 0.2) is 85.5 Å². The lowest BCUT2D eigenvalue weighted by molar-refractivity contribution is -0.170. The number of carbonyl (C=O) groups excluding carboxylic acids is 3. The average Bonchev–Trinajstić information content (AvgIpc) is 3.05. The second kappa shape index (κ2) is 18.9. The van der Waals surface area contributed by atoms with E-state index in [1.807, 2.05) is 42.5 Å². The molecule has 0 aliphatic carbocycles. The molecule has 240 valence electrons. The summed E-state index contributed by atoms with van der Waals surface area (Å²) < 4.78 is 26.9. The Morgan fingerprint density at radius 3 is 1.87 bits per heavy atom. The van der Waals surface area contributed by atoms with E-state index < -0.39 is 30.1 Å². The van der Waals surface area contributed by atoms with E-state index >= 15 is 0 Å². The molecule has 0 amide bonds. The Hall–Kier alpha value is -4.59. The molecular weight excluding hydrogens is 572 g/mol. The van der Waals surface area contributed by atoms with Gasteiger partial charge in [0.1, 0.15) is 17.2 Å². The summed E-state index contributed by atoms with van der Waals surface area (Å²) in [6.45, 7) is 9.28. The first-order valence-corrected chi connectivity index (χ1v) is 15.6. The van der Waals surface area contributed by atoms with Crippen molar-refractivity contribution >= 4 is 17.9 Å². The summed E-state index contributed by atoms with van der Waals surface area (Å²) >= 11 is 0. The molecule has 0 bridgehead atoms. The van der Waals surface area contributed by atoms with Crippen LogP contribution in [0.25, 0.3) is 11.1 Å². The van der Waals surface area contributed by atoms with Gasteiger partial charge >= 0.3 is 17.9 Å². The Labute approximate surface area is 266 Å². The number of rotatable bonds is 19. The summed E-state index contributed by atoms with van der Waals surface area (Å²) in [4.78, 5) is 36.6. The summed E-state index contributed by atoms with van der Waals surface area (Å²) in [7, 11) is 0. The molecule has 0 saturated carbocycles. The molecule has 0 heterocycles. The van der Waals surface area contributed by atoms with Gasteiger partial charge in [0.05, 0.1) is 18.8 Å². The first-order valence-electron chi connectivity index (χ1n) is 15.6. The highest BCUT2D eigenvalue weighted by atomic mass is 16.6. The van der Waals surface area contributed by atoms with Gasteiger partial charge in [0.25, 0.3) is 0 Å². The molecule has 0 saturated heterocycles. The van der Waals surface area contributed by atoms with Gasteiger partial charge in [-0.2, -0.15) is 0 Å². The van der Waals surface area contributed by atoms with Crippen LogP contribution in [0.5, 0.6) is 17.2 Å². The van der Waals surface area contributed by atoms with Crippen molar-refractivity contribution in [1.29, 1.82) is 0 Å². The number of hydrogen-bond donors (Lipinski definition) is 0. The Bertz CT molecular complexity index is 1350. The first-order chi connectivity index (χ1) is 21.8. The molecular formula is C37H44O8. The monoisotopic (exact) mass is 616 g/mol. The minimum absolute atomic E-state index is 0.192. The van der Waals surface area contributed by atoms with Gasteiger partial charge in [-0.25, -0.2) is 14.4 Å². The fraction of sp³-hybridized carbons (Fsp3) is 0.378. The van der Waals surface area contributed by atoms with Crippen LogP contribution < -0.4 is 14.2 Å². The van der Waals surface area contributed by atoms with Crippen molar-refractivity contribution in [2.45, 2.75) is 77.9 Å². The molecule has 0 N–H and O–H groups in total. The minimum Gasteiger partial charge on any atom is -0.494 e. The van der Waals surface area contributed by atoms with E-state index in [2.05, 4.69) is 6.58 Å². The normalized spacial score (nSPS) is 12.0. The van der Waals surface area contributed by atoms with Crippen LogP contribution in [0.3, 0.4) is 0 Å². The fourth-order valence-corrected chi connectivity index (χ4v) is 4.41. The van der Waals surface area contributed by atoms with Gasteiger partial charge in [-0.3, -0.25) is 0 Å². The van der Waals surface area contributed by atoms with Gasteiger partial charge in [0.2, 0.25) is 0 Å². The van der Waals surface area contributed by atoms with Gasteiger partial charge in [-0.15, -0.1) is 6.58 Å². The third-order valence-corrected chi connectivity index (χ3v) is 6.97. The number of benzene rings is 3. The number of esters is 3. The predicted octanol–water partition coefficient (Wildman–Crippen LogP) is 8.13. The average molecular weight is 617 g/mol. The van der Waals surface area contributed by atoms with Crippen LogP contribution in [-0.4, -0.2) is 43.3 Å². The van der Waals surface area contributed by atoms with Crippen LogP contribution in [0.2, 0.25) is 0 Å². The fourth-order valence-electron chi connectivity index (χ4n) is 4.41. The molecule has 8 nitrogen and oxygen atoms in total. The van der Waals surface area contributed by atoms with E-state index in [0.29, 0.717) is 23.7 Å². The molecule has 3 aromatic carbocycles. The lowest BCUT2D eigenvalue weighted by Crippen LogP contribution is -2.33. The van der Waals surface area contributed by atoms with Crippen LogP contribution in [0.1, 0.15) is 76.1 Å². The van der Waals surface area contributed by atoms with Crippen molar-refractivity contribution in [3.63, 3.8) is 0 Å². The molecule has 45 heavy (non-hydrogen) atoms. The van der Waals surface area contributed by atoms with E-state index in [4.69, 9.17) is 23.7 Å². The predicted molar refractivity (Wildman–Crippen MR) is 174 cm³/mol. The number of hydrogen-bond acceptors (Lipinski definition) is 8. The highest BCUT2D eigenvalue weighted by Gasteiger charge is 2.24. The topological polar surface area (TPSA) is 97.4 Å². The molecule has 0 aromatic heterocycles. The second-order valence-electron chi connectivity index (χ2n) is 10.6. The second-order valence-corrected chi connectivity index (χ2v) is 10.6. The highest BCUT2D eigenvalue weighted by Crippen LogP contribution is 2.24. The molecule has 3 aromatic rings. The number of carbonyl (C=O) groups is 3. The molecule has 0 fully saturated rings. The van der Waals surface area contributed by atoms with E-state index in [0.717, 1.165) is 29.7 Å². The molecule has 0 spiro atoms. The van der Waals surface area contributed by atoms with Crippen LogP contribution in [0.4, 0.5) is 0 Å². The van der Waals surface area contributed by atoms with Gasteiger partial charge in [-0.1, -0.05) is 56.0 Å². The maximum Gasteiger partial charge on any atom is 0.347 e. The first kappa shape index (κ1) is 34.9. The maximum atomic E-state index is 12.7. The van der Waals surface area contributed by atoms with Crippen molar-refractivity contribution in [1.82, 2.24) is 0 Å². The third-order valence-electron chi connectivity index (χ3n) is 6.97. The summed E-state index contributed by atoms with van der Waals surface area (Å²) in [6, 6.07) is 21.4. The summed E-state index contributed by atoms with van der Waals surface area (Å²) in [5, 5.41) is 0. The highest BCUT2D eigenvalue weighted by molar-refractivity contribution is 5.91. The van der Waals surface area contributed by atoms with Crippen LogP contribution in [-0.2, 0) is 19.1 Å². The molecule has 0 aliphatic rings. The third kappa shape index (κ3) is 12.1. The van der Waals surface area contributed by atoms with Crippen molar-refractivity contribution < 1.29 is 38.1 Å². The Kier molecular flexibility index (Phi) is 14.7. The largest absolute Gasteiger partial charge is 0.494 e. The van der Waals surface area contributed by atoms with Crippen LogP contribution in [0, 0.1) is 0 Å². The van der Waals surface area contributed by atoms with Crippen molar-refractivity contribution in [2.24, 2.45) is 0 Å². The SMILES string of the molecule is C=CCCCCCCCCOc1ccc(-c2ccc(C(=O)Oc3ccc(O[C@H](C)C(=O)O[C@@H](C)C(=O)OCC)cc3)cc2)cc1. The zero-order valence-corrected chi connectivity index (χ0v) is 26.5. The molecule has 0 unspecified atom stereocenters. The Morgan fingerprint density at radius 2 is 1.24 bits per heavy atom.